The number of benzene rings is 2. The molecule has 0 aromatic heterocycles. The second-order valence-corrected chi connectivity index (χ2v) is 7.97. The summed E-state index contributed by atoms with van der Waals surface area (Å²) in [6.45, 7) is 3.28. The van der Waals surface area contributed by atoms with Crippen molar-refractivity contribution >= 4 is 23.5 Å². The van der Waals surface area contributed by atoms with Crippen LogP contribution in [0.5, 0.6) is 0 Å². The van der Waals surface area contributed by atoms with Crippen molar-refractivity contribution in [2.24, 2.45) is 0 Å². The first-order valence-corrected chi connectivity index (χ1v) is 10.3. The average molecular weight is 394 g/mol. The Hall–Kier alpha value is -2.57. The summed E-state index contributed by atoms with van der Waals surface area (Å²) in [5, 5.41) is 10.9. The number of nitro groups is 1. The van der Waals surface area contributed by atoms with E-state index < -0.39 is 0 Å². The highest BCUT2D eigenvalue weighted by molar-refractivity contribution is 8.03. The summed E-state index contributed by atoms with van der Waals surface area (Å²) in [6, 6.07) is 17.2. The standard InChI is InChI=1S/C22H22N2O3S/c25-24(26)19-7-9-20(10-8-19)28-21-11-6-18(16-17-4-2-1-3-5-17)22(21)23-12-14-27-15-13-23/h1-5,7-10,16H,6,11-15H2. The van der Waals surface area contributed by atoms with Crippen molar-refractivity contribution in [1.29, 1.82) is 0 Å². The molecule has 0 amide bonds. The van der Waals surface area contributed by atoms with Gasteiger partial charge in [0, 0.05) is 35.0 Å². The molecule has 5 nitrogen and oxygen atoms in total. The fourth-order valence-electron chi connectivity index (χ4n) is 3.60. The van der Waals surface area contributed by atoms with E-state index in [2.05, 4.69) is 35.2 Å². The highest BCUT2D eigenvalue weighted by atomic mass is 32.2. The lowest BCUT2D eigenvalue weighted by Crippen LogP contribution is -2.35. The molecule has 1 saturated heterocycles. The van der Waals surface area contributed by atoms with E-state index >= 15 is 0 Å². The summed E-state index contributed by atoms with van der Waals surface area (Å²) < 4.78 is 5.55. The predicted octanol–water partition coefficient (Wildman–Crippen LogP) is 5.11. The van der Waals surface area contributed by atoms with E-state index in [9.17, 15) is 10.1 Å². The second-order valence-electron chi connectivity index (χ2n) is 6.80. The van der Waals surface area contributed by atoms with Crippen LogP contribution in [-0.2, 0) is 4.74 Å². The molecule has 28 heavy (non-hydrogen) atoms. The van der Waals surface area contributed by atoms with Gasteiger partial charge in [0.05, 0.1) is 23.8 Å². The van der Waals surface area contributed by atoms with Gasteiger partial charge in [-0.3, -0.25) is 10.1 Å². The molecule has 0 atom stereocenters. The van der Waals surface area contributed by atoms with E-state index in [1.165, 1.54) is 21.7 Å². The Balaban J connectivity index is 1.65. The molecule has 4 rings (SSSR count). The van der Waals surface area contributed by atoms with Crippen molar-refractivity contribution in [1.82, 2.24) is 4.90 Å². The van der Waals surface area contributed by atoms with Gasteiger partial charge in [-0.25, -0.2) is 0 Å². The van der Waals surface area contributed by atoms with Crippen LogP contribution < -0.4 is 0 Å². The molecule has 0 unspecified atom stereocenters. The molecule has 1 heterocycles. The Kier molecular flexibility index (Phi) is 5.78. The van der Waals surface area contributed by atoms with Gasteiger partial charge in [0.1, 0.15) is 0 Å². The van der Waals surface area contributed by atoms with Crippen LogP contribution in [0.25, 0.3) is 6.08 Å². The van der Waals surface area contributed by atoms with E-state index in [1.54, 1.807) is 23.9 Å². The minimum absolute atomic E-state index is 0.128. The fourth-order valence-corrected chi connectivity index (χ4v) is 4.72. The minimum Gasteiger partial charge on any atom is -0.378 e. The monoisotopic (exact) mass is 394 g/mol. The fraction of sp³-hybridized carbons (Fsp3) is 0.273. The first-order valence-electron chi connectivity index (χ1n) is 9.45. The topological polar surface area (TPSA) is 55.6 Å². The zero-order valence-corrected chi connectivity index (χ0v) is 16.4. The van der Waals surface area contributed by atoms with Crippen LogP contribution in [0.3, 0.4) is 0 Å². The van der Waals surface area contributed by atoms with Gasteiger partial charge in [0.25, 0.3) is 5.69 Å². The maximum absolute atomic E-state index is 10.9. The molecule has 2 aliphatic rings. The van der Waals surface area contributed by atoms with Crippen LogP contribution in [0.4, 0.5) is 5.69 Å². The molecule has 0 saturated carbocycles. The molecule has 0 bridgehead atoms. The van der Waals surface area contributed by atoms with Crippen molar-refractivity contribution in [3.8, 4) is 0 Å². The van der Waals surface area contributed by atoms with E-state index in [4.69, 9.17) is 4.74 Å². The van der Waals surface area contributed by atoms with Gasteiger partial charge in [0.2, 0.25) is 0 Å². The zero-order valence-electron chi connectivity index (χ0n) is 15.5. The van der Waals surface area contributed by atoms with Gasteiger partial charge < -0.3 is 9.64 Å². The molecule has 1 aliphatic carbocycles. The second kappa shape index (κ2) is 8.63. The molecule has 144 valence electrons. The molecular weight excluding hydrogens is 372 g/mol. The van der Waals surface area contributed by atoms with Gasteiger partial charge in [-0.2, -0.15) is 0 Å². The smallest absolute Gasteiger partial charge is 0.269 e. The number of morpholine rings is 1. The average Bonchev–Trinajstić information content (AvgIpc) is 3.11. The molecule has 0 spiro atoms. The van der Waals surface area contributed by atoms with Crippen molar-refractivity contribution in [3.05, 3.63) is 86.5 Å². The van der Waals surface area contributed by atoms with Crippen LogP contribution in [-0.4, -0.2) is 36.1 Å². The first kappa shape index (κ1) is 18.8. The van der Waals surface area contributed by atoms with Gasteiger partial charge in [0.15, 0.2) is 0 Å². The third-order valence-electron chi connectivity index (χ3n) is 4.95. The molecule has 6 heteroatoms. The number of ether oxygens (including phenoxy) is 1. The Morgan fingerprint density at radius 2 is 1.71 bits per heavy atom. The lowest BCUT2D eigenvalue weighted by molar-refractivity contribution is -0.384. The number of rotatable bonds is 5. The number of thioether (sulfide) groups is 1. The van der Waals surface area contributed by atoms with Gasteiger partial charge >= 0.3 is 0 Å². The molecule has 2 aromatic carbocycles. The van der Waals surface area contributed by atoms with Gasteiger partial charge in [-0.05, 0) is 42.2 Å². The molecule has 2 aromatic rings. The number of nitrogens with zero attached hydrogens (tertiary/aromatic N) is 2. The molecule has 1 aliphatic heterocycles. The van der Waals surface area contributed by atoms with E-state index in [1.807, 2.05) is 18.2 Å². The number of hydrogen-bond acceptors (Lipinski definition) is 5. The highest BCUT2D eigenvalue weighted by Crippen LogP contribution is 2.44. The van der Waals surface area contributed by atoms with E-state index in [0.717, 1.165) is 44.0 Å². The molecular formula is C22H22N2O3S. The van der Waals surface area contributed by atoms with Crippen LogP contribution in [0, 0.1) is 10.1 Å². The van der Waals surface area contributed by atoms with Crippen molar-refractivity contribution in [2.75, 3.05) is 26.3 Å². The third kappa shape index (κ3) is 4.29. The molecule has 1 fully saturated rings. The lowest BCUT2D eigenvalue weighted by atomic mass is 10.1. The van der Waals surface area contributed by atoms with Crippen molar-refractivity contribution in [2.45, 2.75) is 17.7 Å². The Morgan fingerprint density at radius 3 is 2.39 bits per heavy atom. The summed E-state index contributed by atoms with van der Waals surface area (Å²) in [7, 11) is 0. The normalized spacial score (nSPS) is 18.7. The third-order valence-corrected chi connectivity index (χ3v) is 6.10. The Labute approximate surface area is 168 Å². The Bertz CT molecular complexity index is 901. The van der Waals surface area contributed by atoms with Crippen LogP contribution in [0.15, 0.2) is 75.7 Å². The van der Waals surface area contributed by atoms with Gasteiger partial charge in [-0.15, -0.1) is 0 Å². The number of hydrogen-bond donors (Lipinski definition) is 0. The number of allylic oxidation sites excluding steroid dienone is 2. The number of non-ortho nitro benzene ring substituents is 1. The summed E-state index contributed by atoms with van der Waals surface area (Å²) >= 11 is 1.72. The van der Waals surface area contributed by atoms with Crippen molar-refractivity contribution < 1.29 is 9.66 Å². The zero-order chi connectivity index (χ0) is 19.3. The largest absolute Gasteiger partial charge is 0.378 e. The predicted molar refractivity (Wildman–Crippen MR) is 112 cm³/mol. The highest BCUT2D eigenvalue weighted by Gasteiger charge is 2.26. The maximum Gasteiger partial charge on any atom is 0.269 e. The summed E-state index contributed by atoms with van der Waals surface area (Å²) in [5.74, 6) is 0. The van der Waals surface area contributed by atoms with Crippen LogP contribution in [0.1, 0.15) is 18.4 Å². The summed E-state index contributed by atoms with van der Waals surface area (Å²) in [4.78, 5) is 15.3. The van der Waals surface area contributed by atoms with Crippen LogP contribution in [0.2, 0.25) is 0 Å². The summed E-state index contributed by atoms with van der Waals surface area (Å²) in [5.41, 5.74) is 4.01. The van der Waals surface area contributed by atoms with Crippen molar-refractivity contribution in [3.63, 3.8) is 0 Å². The first-order chi connectivity index (χ1) is 13.7. The number of nitro benzene ring substituents is 1. The molecule has 0 radical (unpaired) electrons. The van der Waals surface area contributed by atoms with E-state index in [0.29, 0.717) is 0 Å². The maximum atomic E-state index is 10.9. The Morgan fingerprint density at radius 1 is 1.00 bits per heavy atom. The van der Waals surface area contributed by atoms with E-state index in [-0.39, 0.29) is 10.6 Å². The lowest BCUT2D eigenvalue weighted by Gasteiger charge is -2.31. The molecule has 0 N–H and O–H groups in total. The summed E-state index contributed by atoms with van der Waals surface area (Å²) in [6.07, 6.45) is 4.29. The quantitative estimate of drug-likeness (QED) is 0.521. The van der Waals surface area contributed by atoms with Crippen LogP contribution >= 0.6 is 11.8 Å². The SMILES string of the molecule is O=[N+]([O-])c1ccc(SC2=C(N3CCOCC3)C(=Cc3ccccc3)CC2)cc1. The van der Waals surface area contributed by atoms with Gasteiger partial charge in [-0.1, -0.05) is 42.1 Å². The minimum atomic E-state index is -0.358.